The highest BCUT2D eigenvalue weighted by Crippen LogP contribution is 2.32. The van der Waals surface area contributed by atoms with Crippen molar-refractivity contribution in [3.63, 3.8) is 0 Å². The van der Waals surface area contributed by atoms with E-state index in [0.717, 1.165) is 32.7 Å². The standard InChI is InChI=1S/C24H23BrCl2N2O3/c1-15-11-18(32-3)12-20(25)19(15)14-29(13-16-7-9-17(31-2)10-8-16)24(30)28-23-21(26)5-4-6-22(23)27/h4-12H,13-14H2,1-3H3,(H,28,30). The lowest BCUT2D eigenvalue weighted by Gasteiger charge is -2.25. The molecule has 5 nitrogen and oxygen atoms in total. The van der Waals surface area contributed by atoms with E-state index in [4.69, 9.17) is 32.7 Å². The minimum Gasteiger partial charge on any atom is -0.497 e. The minimum atomic E-state index is -0.321. The number of urea groups is 1. The summed E-state index contributed by atoms with van der Waals surface area (Å²) in [5, 5.41) is 3.61. The van der Waals surface area contributed by atoms with Crippen LogP contribution in [0.3, 0.4) is 0 Å². The fourth-order valence-electron chi connectivity index (χ4n) is 3.21. The monoisotopic (exact) mass is 536 g/mol. The fraction of sp³-hybridized carbons (Fsp3) is 0.208. The van der Waals surface area contributed by atoms with Gasteiger partial charge in [0.15, 0.2) is 0 Å². The Morgan fingerprint density at radius 2 is 1.59 bits per heavy atom. The molecule has 0 saturated carbocycles. The van der Waals surface area contributed by atoms with E-state index in [1.54, 1.807) is 37.3 Å². The third-order valence-electron chi connectivity index (χ3n) is 4.99. The summed E-state index contributed by atoms with van der Waals surface area (Å²) in [4.78, 5) is 15.0. The van der Waals surface area contributed by atoms with Crippen molar-refractivity contribution in [3.8, 4) is 11.5 Å². The number of methoxy groups -OCH3 is 2. The fourth-order valence-corrected chi connectivity index (χ4v) is 4.36. The number of carbonyl (C=O) groups is 1. The Morgan fingerprint density at radius 1 is 0.969 bits per heavy atom. The average molecular weight is 538 g/mol. The highest BCUT2D eigenvalue weighted by molar-refractivity contribution is 9.10. The summed E-state index contributed by atoms with van der Waals surface area (Å²) in [6, 6.07) is 16.2. The van der Waals surface area contributed by atoms with Crippen molar-refractivity contribution in [1.82, 2.24) is 4.90 Å². The smallest absolute Gasteiger partial charge is 0.322 e. The first kappa shape index (κ1) is 24.2. The molecule has 0 atom stereocenters. The van der Waals surface area contributed by atoms with Gasteiger partial charge in [-0.05, 0) is 60.0 Å². The molecule has 8 heteroatoms. The Morgan fingerprint density at radius 3 is 2.16 bits per heavy atom. The average Bonchev–Trinajstić information content (AvgIpc) is 2.78. The van der Waals surface area contributed by atoms with Gasteiger partial charge in [0, 0.05) is 17.6 Å². The number of amides is 2. The van der Waals surface area contributed by atoms with Crippen molar-refractivity contribution >= 4 is 50.9 Å². The molecule has 0 fully saturated rings. The zero-order valence-electron chi connectivity index (χ0n) is 17.9. The molecule has 168 valence electrons. The van der Waals surface area contributed by atoms with Crippen molar-refractivity contribution in [3.05, 3.63) is 85.8 Å². The van der Waals surface area contributed by atoms with E-state index in [2.05, 4.69) is 21.2 Å². The van der Waals surface area contributed by atoms with Crippen LogP contribution in [0.2, 0.25) is 10.0 Å². The van der Waals surface area contributed by atoms with Gasteiger partial charge in [0.2, 0.25) is 0 Å². The second-order valence-corrected chi connectivity index (χ2v) is 8.80. The molecule has 3 aromatic rings. The first-order valence-electron chi connectivity index (χ1n) is 9.78. The van der Waals surface area contributed by atoms with Gasteiger partial charge in [-0.15, -0.1) is 0 Å². The van der Waals surface area contributed by atoms with Crippen LogP contribution in [0.4, 0.5) is 10.5 Å². The van der Waals surface area contributed by atoms with Gasteiger partial charge in [-0.25, -0.2) is 4.79 Å². The van der Waals surface area contributed by atoms with Crippen LogP contribution in [-0.2, 0) is 13.1 Å². The van der Waals surface area contributed by atoms with Gasteiger partial charge < -0.3 is 19.7 Å². The molecule has 0 aliphatic rings. The van der Waals surface area contributed by atoms with Gasteiger partial charge >= 0.3 is 6.03 Å². The van der Waals surface area contributed by atoms with Crippen molar-refractivity contribution < 1.29 is 14.3 Å². The number of halogens is 3. The van der Waals surface area contributed by atoms with E-state index < -0.39 is 0 Å². The summed E-state index contributed by atoms with van der Waals surface area (Å²) in [6.07, 6.45) is 0. The molecule has 2 amide bonds. The molecule has 3 rings (SSSR count). The molecule has 3 aromatic carbocycles. The first-order valence-corrected chi connectivity index (χ1v) is 11.3. The second kappa shape index (κ2) is 10.9. The molecule has 0 aliphatic carbocycles. The van der Waals surface area contributed by atoms with Crippen LogP contribution < -0.4 is 14.8 Å². The number of ether oxygens (including phenoxy) is 2. The molecule has 0 spiro atoms. The maximum absolute atomic E-state index is 13.3. The van der Waals surface area contributed by atoms with Crippen LogP contribution in [0, 0.1) is 6.92 Å². The molecule has 0 unspecified atom stereocenters. The van der Waals surface area contributed by atoms with Gasteiger partial charge in [-0.3, -0.25) is 0 Å². The van der Waals surface area contributed by atoms with Crippen LogP contribution in [0.1, 0.15) is 16.7 Å². The number of nitrogens with zero attached hydrogens (tertiary/aromatic N) is 1. The first-order chi connectivity index (χ1) is 15.3. The van der Waals surface area contributed by atoms with Crippen molar-refractivity contribution in [2.45, 2.75) is 20.0 Å². The number of aryl methyl sites for hydroxylation is 1. The van der Waals surface area contributed by atoms with Crippen molar-refractivity contribution in [2.75, 3.05) is 19.5 Å². The normalized spacial score (nSPS) is 10.6. The quantitative estimate of drug-likeness (QED) is 0.343. The lowest BCUT2D eigenvalue weighted by Crippen LogP contribution is -2.34. The molecule has 1 N–H and O–H groups in total. The second-order valence-electron chi connectivity index (χ2n) is 7.14. The molecule has 0 aliphatic heterocycles. The predicted octanol–water partition coefficient (Wildman–Crippen LogP) is 7.32. The number of hydrogen-bond acceptors (Lipinski definition) is 3. The van der Waals surface area contributed by atoms with E-state index in [1.165, 1.54) is 0 Å². The van der Waals surface area contributed by atoms with Crippen molar-refractivity contribution in [1.29, 1.82) is 0 Å². The van der Waals surface area contributed by atoms with Crippen LogP contribution in [0.15, 0.2) is 59.1 Å². The van der Waals surface area contributed by atoms with E-state index in [1.807, 2.05) is 43.3 Å². The number of carbonyl (C=O) groups excluding carboxylic acids is 1. The summed E-state index contributed by atoms with van der Waals surface area (Å²) in [6.45, 7) is 2.71. The molecule has 0 bridgehead atoms. The van der Waals surface area contributed by atoms with Crippen LogP contribution in [0.25, 0.3) is 0 Å². The Labute approximate surface area is 206 Å². The zero-order valence-corrected chi connectivity index (χ0v) is 21.0. The largest absolute Gasteiger partial charge is 0.497 e. The maximum Gasteiger partial charge on any atom is 0.322 e. The lowest BCUT2D eigenvalue weighted by atomic mass is 10.1. The molecule has 32 heavy (non-hydrogen) atoms. The summed E-state index contributed by atoms with van der Waals surface area (Å²) in [5.74, 6) is 1.49. The number of para-hydroxylation sites is 1. The Bertz CT molecular complexity index is 1060. The third-order valence-corrected chi connectivity index (χ3v) is 6.33. The number of nitrogens with one attached hydrogen (secondary N) is 1. The summed E-state index contributed by atoms with van der Waals surface area (Å²) in [7, 11) is 3.24. The molecular weight excluding hydrogens is 515 g/mol. The van der Waals surface area contributed by atoms with Gasteiger partial charge in [-0.1, -0.05) is 57.3 Å². The molecule has 0 saturated heterocycles. The predicted molar refractivity (Wildman–Crippen MR) is 133 cm³/mol. The van der Waals surface area contributed by atoms with E-state index >= 15 is 0 Å². The highest BCUT2D eigenvalue weighted by Gasteiger charge is 2.20. The lowest BCUT2D eigenvalue weighted by molar-refractivity contribution is 0.206. The van der Waals surface area contributed by atoms with Crippen molar-refractivity contribution in [2.24, 2.45) is 0 Å². The van der Waals surface area contributed by atoms with E-state index in [0.29, 0.717) is 28.8 Å². The number of rotatable bonds is 7. The van der Waals surface area contributed by atoms with Crippen LogP contribution in [0.5, 0.6) is 11.5 Å². The molecule has 0 radical (unpaired) electrons. The molecule has 0 aromatic heterocycles. The third kappa shape index (κ3) is 5.88. The maximum atomic E-state index is 13.3. The van der Waals surface area contributed by atoms with Gasteiger partial charge in [-0.2, -0.15) is 0 Å². The van der Waals surface area contributed by atoms with Gasteiger partial charge in [0.05, 0.1) is 30.0 Å². The topological polar surface area (TPSA) is 50.8 Å². The van der Waals surface area contributed by atoms with E-state index in [9.17, 15) is 4.79 Å². The highest BCUT2D eigenvalue weighted by atomic mass is 79.9. The Kier molecular flexibility index (Phi) is 8.29. The summed E-state index contributed by atoms with van der Waals surface area (Å²) >= 11 is 16.1. The number of anilines is 1. The molecule has 0 heterocycles. The zero-order chi connectivity index (χ0) is 23.3. The van der Waals surface area contributed by atoms with Crippen LogP contribution in [-0.4, -0.2) is 25.2 Å². The van der Waals surface area contributed by atoms with Crippen LogP contribution >= 0.6 is 39.1 Å². The number of hydrogen-bond donors (Lipinski definition) is 1. The SMILES string of the molecule is COc1ccc(CN(Cc2c(C)cc(OC)cc2Br)C(=O)Nc2c(Cl)cccc2Cl)cc1. The Hall–Kier alpha value is -2.41. The van der Waals surface area contributed by atoms with Gasteiger partial charge in [0.25, 0.3) is 0 Å². The van der Waals surface area contributed by atoms with Gasteiger partial charge in [0.1, 0.15) is 11.5 Å². The van der Waals surface area contributed by atoms with E-state index in [-0.39, 0.29) is 6.03 Å². The summed E-state index contributed by atoms with van der Waals surface area (Å²) < 4.78 is 11.4. The summed E-state index contributed by atoms with van der Waals surface area (Å²) in [5.41, 5.74) is 3.30. The Balaban J connectivity index is 1.92. The minimum absolute atomic E-state index is 0.321. The molecular formula is C24H23BrCl2N2O3. The number of benzene rings is 3.